The van der Waals surface area contributed by atoms with Crippen LogP contribution in [-0.4, -0.2) is 16.1 Å². The standard InChI is InChI=1S/C9H10F3NO3/c1-8(2,3)7-13-5(9(10,11)12)4(16-7)6(14)15/h1-3H3,(H,14,15). The van der Waals surface area contributed by atoms with E-state index in [4.69, 9.17) is 5.11 Å². The van der Waals surface area contributed by atoms with Gasteiger partial charge in [0.15, 0.2) is 5.69 Å². The molecule has 0 unspecified atom stereocenters. The Kier molecular flexibility index (Phi) is 2.74. The molecule has 1 rings (SSSR count). The molecule has 0 aliphatic rings. The van der Waals surface area contributed by atoms with Crippen LogP contribution in [0.2, 0.25) is 0 Å². The zero-order valence-electron chi connectivity index (χ0n) is 8.84. The summed E-state index contributed by atoms with van der Waals surface area (Å²) in [5.41, 5.74) is -2.28. The highest BCUT2D eigenvalue weighted by molar-refractivity contribution is 5.85. The fourth-order valence-electron chi connectivity index (χ4n) is 0.978. The molecule has 0 spiro atoms. The molecule has 0 amide bonds. The zero-order valence-corrected chi connectivity index (χ0v) is 8.84. The Bertz CT molecular complexity index is 415. The van der Waals surface area contributed by atoms with Gasteiger partial charge in [-0.2, -0.15) is 13.2 Å². The predicted molar refractivity (Wildman–Crippen MR) is 47.2 cm³/mol. The van der Waals surface area contributed by atoms with Gasteiger partial charge in [-0.05, 0) is 0 Å². The van der Waals surface area contributed by atoms with Crippen molar-refractivity contribution in [2.24, 2.45) is 0 Å². The van der Waals surface area contributed by atoms with Gasteiger partial charge >= 0.3 is 12.1 Å². The monoisotopic (exact) mass is 237 g/mol. The summed E-state index contributed by atoms with van der Waals surface area (Å²) in [6, 6.07) is 0. The van der Waals surface area contributed by atoms with Crippen molar-refractivity contribution in [1.29, 1.82) is 0 Å². The van der Waals surface area contributed by atoms with Gasteiger partial charge in [-0.25, -0.2) is 9.78 Å². The van der Waals surface area contributed by atoms with Crippen molar-refractivity contribution < 1.29 is 27.5 Å². The van der Waals surface area contributed by atoms with E-state index in [1.807, 2.05) is 0 Å². The number of halogens is 3. The van der Waals surface area contributed by atoms with E-state index in [-0.39, 0.29) is 5.89 Å². The summed E-state index contributed by atoms with van der Waals surface area (Å²) < 4.78 is 41.9. The molecule has 1 heterocycles. The van der Waals surface area contributed by atoms with Crippen molar-refractivity contribution in [1.82, 2.24) is 4.98 Å². The largest absolute Gasteiger partial charge is 0.475 e. The van der Waals surface area contributed by atoms with Gasteiger partial charge in [0.1, 0.15) is 0 Å². The average Bonchev–Trinajstić information content (AvgIpc) is 2.44. The van der Waals surface area contributed by atoms with Crippen LogP contribution < -0.4 is 0 Å². The summed E-state index contributed by atoms with van der Waals surface area (Å²) in [4.78, 5) is 13.8. The van der Waals surface area contributed by atoms with Gasteiger partial charge in [0.2, 0.25) is 11.7 Å². The van der Waals surface area contributed by atoms with Gasteiger partial charge in [0.25, 0.3) is 0 Å². The second kappa shape index (κ2) is 3.50. The fraction of sp³-hybridized carbons (Fsp3) is 0.556. The van der Waals surface area contributed by atoms with E-state index in [2.05, 4.69) is 9.40 Å². The van der Waals surface area contributed by atoms with Gasteiger partial charge in [-0.3, -0.25) is 0 Å². The molecule has 0 aliphatic carbocycles. The molecule has 0 atom stereocenters. The minimum absolute atomic E-state index is 0.253. The SMILES string of the molecule is CC(C)(C)c1nc(C(F)(F)F)c(C(=O)O)o1. The second-order valence-corrected chi connectivity index (χ2v) is 4.25. The van der Waals surface area contributed by atoms with Crippen LogP contribution in [0.3, 0.4) is 0 Å². The van der Waals surface area contributed by atoms with Crippen molar-refractivity contribution in [2.45, 2.75) is 32.4 Å². The summed E-state index contributed by atoms with van der Waals surface area (Å²) in [5.74, 6) is -3.20. The first-order chi connectivity index (χ1) is 7.03. The van der Waals surface area contributed by atoms with E-state index in [0.29, 0.717) is 0 Å². The first-order valence-corrected chi connectivity index (χ1v) is 4.35. The number of nitrogens with zero attached hydrogens (tertiary/aromatic N) is 1. The van der Waals surface area contributed by atoms with Crippen molar-refractivity contribution in [2.75, 3.05) is 0 Å². The van der Waals surface area contributed by atoms with E-state index < -0.39 is 29.0 Å². The van der Waals surface area contributed by atoms with Crippen molar-refractivity contribution in [3.63, 3.8) is 0 Å². The van der Waals surface area contributed by atoms with Crippen LogP contribution in [0, 0.1) is 0 Å². The highest BCUT2D eigenvalue weighted by atomic mass is 19.4. The van der Waals surface area contributed by atoms with Crippen LogP contribution >= 0.6 is 0 Å². The Morgan fingerprint density at radius 2 is 1.81 bits per heavy atom. The number of rotatable bonds is 1. The number of carboxylic acids is 1. The molecule has 90 valence electrons. The van der Waals surface area contributed by atoms with Gasteiger partial charge in [-0.15, -0.1) is 0 Å². The van der Waals surface area contributed by atoms with Gasteiger partial charge in [0.05, 0.1) is 0 Å². The number of carbonyl (C=O) groups is 1. The van der Waals surface area contributed by atoms with Gasteiger partial charge in [0, 0.05) is 5.41 Å². The Morgan fingerprint density at radius 3 is 2.06 bits per heavy atom. The average molecular weight is 237 g/mol. The first-order valence-electron chi connectivity index (χ1n) is 4.35. The number of hydrogen-bond donors (Lipinski definition) is 1. The summed E-state index contributed by atoms with van der Waals surface area (Å²) in [6.45, 7) is 4.72. The van der Waals surface area contributed by atoms with Gasteiger partial charge in [-0.1, -0.05) is 20.8 Å². The normalized spacial score (nSPS) is 12.9. The van der Waals surface area contributed by atoms with Crippen LogP contribution in [0.1, 0.15) is 42.9 Å². The predicted octanol–water partition coefficient (Wildman–Crippen LogP) is 2.69. The maximum atomic E-state index is 12.4. The Hall–Kier alpha value is -1.53. The van der Waals surface area contributed by atoms with E-state index in [1.54, 1.807) is 20.8 Å². The van der Waals surface area contributed by atoms with Crippen LogP contribution in [0.15, 0.2) is 4.42 Å². The minimum atomic E-state index is -4.83. The molecular formula is C9H10F3NO3. The highest BCUT2D eigenvalue weighted by Gasteiger charge is 2.42. The van der Waals surface area contributed by atoms with E-state index in [0.717, 1.165) is 0 Å². The molecule has 0 aromatic carbocycles. The molecule has 1 N–H and O–H groups in total. The fourth-order valence-corrected chi connectivity index (χ4v) is 0.978. The third-order valence-electron chi connectivity index (χ3n) is 1.73. The molecular weight excluding hydrogens is 227 g/mol. The molecule has 0 radical (unpaired) electrons. The second-order valence-electron chi connectivity index (χ2n) is 4.25. The molecule has 0 saturated heterocycles. The number of hydrogen-bond acceptors (Lipinski definition) is 3. The molecule has 1 aromatic rings. The maximum Gasteiger partial charge on any atom is 0.437 e. The highest BCUT2D eigenvalue weighted by Crippen LogP contribution is 2.34. The smallest absolute Gasteiger partial charge is 0.437 e. The van der Waals surface area contributed by atoms with Crippen LogP contribution in [0.25, 0.3) is 0 Å². The molecule has 4 nitrogen and oxygen atoms in total. The quantitative estimate of drug-likeness (QED) is 0.815. The van der Waals surface area contributed by atoms with Crippen LogP contribution in [0.5, 0.6) is 0 Å². The Labute approximate surface area is 89.1 Å². The summed E-state index contributed by atoms with van der Waals surface area (Å²) in [5, 5.41) is 8.57. The van der Waals surface area contributed by atoms with Crippen molar-refractivity contribution >= 4 is 5.97 Å². The number of oxazole rings is 1. The lowest BCUT2D eigenvalue weighted by Crippen LogP contribution is -2.14. The lowest BCUT2D eigenvalue weighted by molar-refractivity contribution is -0.141. The number of aromatic carboxylic acids is 1. The van der Waals surface area contributed by atoms with E-state index in [9.17, 15) is 18.0 Å². The molecule has 0 saturated carbocycles. The summed E-state index contributed by atoms with van der Waals surface area (Å²) >= 11 is 0. The topological polar surface area (TPSA) is 63.3 Å². The van der Waals surface area contributed by atoms with Gasteiger partial charge < -0.3 is 9.52 Å². The molecule has 0 aliphatic heterocycles. The third-order valence-corrected chi connectivity index (χ3v) is 1.73. The minimum Gasteiger partial charge on any atom is -0.475 e. The number of aromatic nitrogens is 1. The summed E-state index contributed by atoms with van der Waals surface area (Å²) in [7, 11) is 0. The summed E-state index contributed by atoms with van der Waals surface area (Å²) in [6.07, 6.45) is -4.83. The maximum absolute atomic E-state index is 12.4. The van der Waals surface area contributed by atoms with Crippen LogP contribution in [-0.2, 0) is 11.6 Å². The zero-order chi connectivity index (χ0) is 12.7. The van der Waals surface area contributed by atoms with E-state index in [1.165, 1.54) is 0 Å². The molecule has 7 heteroatoms. The Morgan fingerprint density at radius 1 is 1.31 bits per heavy atom. The van der Waals surface area contributed by atoms with Crippen LogP contribution in [0.4, 0.5) is 13.2 Å². The number of alkyl halides is 3. The molecule has 1 aromatic heterocycles. The molecule has 16 heavy (non-hydrogen) atoms. The first kappa shape index (κ1) is 12.5. The van der Waals surface area contributed by atoms with Crippen molar-refractivity contribution in [3.05, 3.63) is 17.3 Å². The van der Waals surface area contributed by atoms with Crippen molar-refractivity contribution in [3.8, 4) is 0 Å². The molecule has 0 fully saturated rings. The van der Waals surface area contributed by atoms with E-state index >= 15 is 0 Å². The Balaban J connectivity index is 3.38. The lowest BCUT2D eigenvalue weighted by Gasteiger charge is -2.11. The lowest BCUT2D eigenvalue weighted by atomic mass is 9.97. The number of carboxylic acid groups (broad SMARTS) is 1. The third kappa shape index (κ3) is 2.34. The molecule has 0 bridgehead atoms.